The lowest BCUT2D eigenvalue weighted by Crippen LogP contribution is -2.42. The Labute approximate surface area is 152 Å². The van der Waals surface area contributed by atoms with Gasteiger partial charge < -0.3 is 15.2 Å². The molecule has 0 spiro atoms. The molecule has 2 N–H and O–H groups in total. The summed E-state index contributed by atoms with van der Waals surface area (Å²) in [6.07, 6.45) is 1.62. The Morgan fingerprint density at radius 2 is 2.15 bits per heavy atom. The third kappa shape index (κ3) is 3.19. The first-order valence-corrected chi connectivity index (χ1v) is 8.76. The Morgan fingerprint density at radius 1 is 1.33 bits per heavy atom. The Kier molecular flexibility index (Phi) is 4.20. The van der Waals surface area contributed by atoms with Gasteiger partial charge in [0, 0.05) is 37.1 Å². The number of fused-ring (bicyclic) bond motifs is 3. The van der Waals surface area contributed by atoms with Crippen molar-refractivity contribution in [1.29, 1.82) is 0 Å². The van der Waals surface area contributed by atoms with Gasteiger partial charge in [-0.2, -0.15) is 13.2 Å². The molecule has 7 nitrogen and oxygen atoms in total. The summed E-state index contributed by atoms with van der Waals surface area (Å²) in [6.45, 7) is 1.46. The molecule has 1 aliphatic rings. The van der Waals surface area contributed by atoms with E-state index in [0.717, 1.165) is 23.3 Å². The number of aromatic nitrogens is 4. The molecule has 2 unspecified atom stereocenters. The molecule has 0 aliphatic carbocycles. The topological polar surface area (TPSA) is 78.3 Å². The number of nitrogens with zero attached hydrogens (tertiary/aromatic N) is 4. The fourth-order valence-corrected chi connectivity index (χ4v) is 3.83. The van der Waals surface area contributed by atoms with Gasteiger partial charge in [-0.25, -0.2) is 14.8 Å². The lowest BCUT2D eigenvalue weighted by atomic mass is 9.91. The number of carbonyl (C=O) groups is 1. The highest BCUT2D eigenvalue weighted by molar-refractivity contribution is 5.76. The Balaban J connectivity index is 1.63. The predicted octanol–water partition coefficient (Wildman–Crippen LogP) is 2.91. The molecule has 0 radical (unpaired) electrons. The number of hydrogen-bond donors (Lipinski definition) is 2. The Bertz CT molecular complexity index is 978. The van der Waals surface area contributed by atoms with E-state index in [4.69, 9.17) is 0 Å². The van der Waals surface area contributed by atoms with Crippen molar-refractivity contribution >= 4 is 22.8 Å². The van der Waals surface area contributed by atoms with Gasteiger partial charge in [-0.05, 0) is 12.0 Å². The van der Waals surface area contributed by atoms with Crippen molar-refractivity contribution in [3.05, 3.63) is 30.4 Å². The van der Waals surface area contributed by atoms with Gasteiger partial charge in [-0.1, -0.05) is 13.3 Å². The summed E-state index contributed by atoms with van der Waals surface area (Å²) < 4.78 is 39.2. The minimum atomic E-state index is -4.42. The van der Waals surface area contributed by atoms with E-state index in [9.17, 15) is 18.0 Å². The van der Waals surface area contributed by atoms with E-state index in [-0.39, 0.29) is 11.8 Å². The van der Waals surface area contributed by atoms with Gasteiger partial charge in [0.2, 0.25) is 0 Å². The van der Waals surface area contributed by atoms with E-state index in [1.807, 2.05) is 22.7 Å². The zero-order chi connectivity index (χ0) is 19.2. The van der Waals surface area contributed by atoms with E-state index in [0.29, 0.717) is 18.7 Å². The molecule has 0 saturated carbocycles. The zero-order valence-electron chi connectivity index (χ0n) is 14.6. The van der Waals surface area contributed by atoms with Gasteiger partial charge in [0.05, 0.1) is 11.7 Å². The van der Waals surface area contributed by atoms with Crippen LogP contribution in [0, 0.1) is 5.92 Å². The highest BCUT2D eigenvalue weighted by Gasteiger charge is 2.38. The monoisotopic (exact) mass is 380 g/mol. The first-order valence-electron chi connectivity index (χ1n) is 8.76. The zero-order valence-corrected chi connectivity index (χ0v) is 14.6. The van der Waals surface area contributed by atoms with Gasteiger partial charge in [0.1, 0.15) is 6.54 Å². The number of likely N-dealkylation sites (tertiary alicyclic amines) is 1. The molecule has 4 rings (SSSR count). The molecule has 144 valence electrons. The maximum Gasteiger partial charge on any atom is 0.405 e. The molecule has 3 aromatic heterocycles. The first-order chi connectivity index (χ1) is 12.9. The summed E-state index contributed by atoms with van der Waals surface area (Å²) in [5.74, 6) is 0.130. The Morgan fingerprint density at radius 3 is 2.89 bits per heavy atom. The van der Waals surface area contributed by atoms with Crippen molar-refractivity contribution in [1.82, 2.24) is 29.6 Å². The molecule has 27 heavy (non-hydrogen) atoms. The number of aromatic amines is 1. The molecule has 1 aliphatic heterocycles. The van der Waals surface area contributed by atoms with Crippen molar-refractivity contribution in [2.75, 3.05) is 19.6 Å². The minimum absolute atomic E-state index is 0.0119. The fraction of sp³-hybridized carbons (Fsp3) is 0.471. The molecular weight excluding hydrogens is 361 g/mol. The fourth-order valence-electron chi connectivity index (χ4n) is 3.83. The second kappa shape index (κ2) is 6.43. The SMILES string of the molecule is CCC1CN(C(=O)NCC(F)(F)F)CC1c1cnc2cnc3[nH]ccc3n12. The molecule has 2 atom stereocenters. The maximum atomic E-state index is 12.4. The van der Waals surface area contributed by atoms with Gasteiger partial charge >= 0.3 is 12.2 Å². The molecule has 4 heterocycles. The minimum Gasteiger partial charge on any atom is -0.345 e. The van der Waals surface area contributed by atoms with Crippen LogP contribution >= 0.6 is 0 Å². The van der Waals surface area contributed by atoms with E-state index in [1.54, 1.807) is 18.6 Å². The summed E-state index contributed by atoms with van der Waals surface area (Å²) in [4.78, 5) is 25.4. The smallest absolute Gasteiger partial charge is 0.345 e. The van der Waals surface area contributed by atoms with Crippen LogP contribution in [0.3, 0.4) is 0 Å². The molecule has 0 aromatic carbocycles. The molecule has 0 bridgehead atoms. The van der Waals surface area contributed by atoms with Crippen LogP contribution in [0.4, 0.5) is 18.0 Å². The normalized spacial score (nSPS) is 20.7. The van der Waals surface area contributed by atoms with Crippen LogP contribution in [0.25, 0.3) is 16.8 Å². The third-order valence-electron chi connectivity index (χ3n) is 5.14. The van der Waals surface area contributed by atoms with E-state index >= 15 is 0 Å². The third-order valence-corrected chi connectivity index (χ3v) is 5.14. The largest absolute Gasteiger partial charge is 0.405 e. The van der Waals surface area contributed by atoms with Crippen LogP contribution in [0.5, 0.6) is 0 Å². The second-order valence-electron chi connectivity index (χ2n) is 6.80. The number of imidazole rings is 1. The summed E-state index contributed by atoms with van der Waals surface area (Å²) >= 11 is 0. The number of halogens is 3. The van der Waals surface area contributed by atoms with Crippen LogP contribution in [-0.2, 0) is 0 Å². The summed E-state index contributed by atoms with van der Waals surface area (Å²) in [5.41, 5.74) is 3.25. The number of alkyl halides is 3. The second-order valence-corrected chi connectivity index (χ2v) is 6.80. The van der Waals surface area contributed by atoms with Crippen molar-refractivity contribution in [3.8, 4) is 0 Å². The van der Waals surface area contributed by atoms with E-state index < -0.39 is 18.8 Å². The van der Waals surface area contributed by atoms with Gasteiger partial charge in [-0.3, -0.25) is 4.40 Å². The highest BCUT2D eigenvalue weighted by Crippen LogP contribution is 2.35. The van der Waals surface area contributed by atoms with Crippen molar-refractivity contribution in [2.24, 2.45) is 5.92 Å². The summed E-state index contributed by atoms with van der Waals surface area (Å²) in [5, 5.41) is 1.96. The van der Waals surface area contributed by atoms with Gasteiger partial charge in [0.15, 0.2) is 11.3 Å². The first kappa shape index (κ1) is 17.6. The lowest BCUT2D eigenvalue weighted by molar-refractivity contribution is -0.123. The number of nitrogens with one attached hydrogen (secondary N) is 2. The van der Waals surface area contributed by atoms with E-state index in [2.05, 4.69) is 15.0 Å². The highest BCUT2D eigenvalue weighted by atomic mass is 19.4. The van der Waals surface area contributed by atoms with Crippen molar-refractivity contribution in [2.45, 2.75) is 25.4 Å². The predicted molar refractivity (Wildman–Crippen MR) is 92.4 cm³/mol. The van der Waals surface area contributed by atoms with Gasteiger partial charge in [0.25, 0.3) is 0 Å². The molecule has 1 fully saturated rings. The number of rotatable bonds is 3. The molecular formula is C17H19F3N6O. The maximum absolute atomic E-state index is 12.4. The molecule has 1 saturated heterocycles. The average molecular weight is 380 g/mol. The van der Waals surface area contributed by atoms with Crippen molar-refractivity contribution < 1.29 is 18.0 Å². The van der Waals surface area contributed by atoms with Crippen LogP contribution in [-0.4, -0.2) is 56.1 Å². The van der Waals surface area contributed by atoms with Crippen molar-refractivity contribution in [3.63, 3.8) is 0 Å². The number of carbonyl (C=O) groups excluding carboxylic acids is 1. The van der Waals surface area contributed by atoms with Crippen LogP contribution < -0.4 is 5.32 Å². The molecule has 10 heteroatoms. The van der Waals surface area contributed by atoms with Gasteiger partial charge in [-0.15, -0.1) is 0 Å². The number of urea groups is 1. The van der Waals surface area contributed by atoms with E-state index in [1.165, 1.54) is 4.90 Å². The molecule has 3 aromatic rings. The standard InChI is InChI=1S/C17H19F3N6O/c1-2-10-7-25(16(27)24-9-17(18,19)20)8-11(10)13-5-22-14-6-23-15-12(26(13)14)3-4-21-15/h3-6,10-11,21H,2,7-9H2,1H3,(H,24,27). The average Bonchev–Trinajstić information content (AvgIpc) is 3.33. The number of hydrogen-bond acceptors (Lipinski definition) is 3. The Hall–Kier alpha value is -2.78. The number of H-pyrrole nitrogens is 1. The number of amides is 2. The molecule has 2 amide bonds. The van der Waals surface area contributed by atoms with Crippen LogP contribution in [0.15, 0.2) is 24.7 Å². The van der Waals surface area contributed by atoms with Crippen LogP contribution in [0.2, 0.25) is 0 Å². The lowest BCUT2D eigenvalue weighted by Gasteiger charge is -2.18. The quantitative estimate of drug-likeness (QED) is 0.733. The summed E-state index contributed by atoms with van der Waals surface area (Å²) in [6, 6.07) is 1.22. The van der Waals surface area contributed by atoms with Crippen LogP contribution in [0.1, 0.15) is 25.0 Å². The summed E-state index contributed by atoms with van der Waals surface area (Å²) in [7, 11) is 0.